The fourth-order valence-corrected chi connectivity index (χ4v) is 1.27. The zero-order chi connectivity index (χ0) is 9.73. The van der Waals surface area contributed by atoms with Crippen molar-refractivity contribution in [3.05, 3.63) is 0 Å². The van der Waals surface area contributed by atoms with Gasteiger partial charge >= 0.3 is 0 Å². The van der Waals surface area contributed by atoms with Crippen molar-refractivity contribution in [2.75, 3.05) is 19.7 Å². The molecule has 13 heavy (non-hydrogen) atoms. The predicted molar refractivity (Wildman–Crippen MR) is 55.9 cm³/mol. The highest BCUT2D eigenvalue weighted by atomic mass is 16.5. The van der Waals surface area contributed by atoms with Gasteiger partial charge in [-0.05, 0) is 38.6 Å². The zero-order valence-corrected chi connectivity index (χ0v) is 9.23. The van der Waals surface area contributed by atoms with E-state index in [1.54, 1.807) is 0 Å². The van der Waals surface area contributed by atoms with Crippen molar-refractivity contribution < 1.29 is 4.74 Å². The van der Waals surface area contributed by atoms with Crippen LogP contribution in [0.3, 0.4) is 0 Å². The van der Waals surface area contributed by atoms with Crippen molar-refractivity contribution >= 4 is 0 Å². The molecule has 1 saturated carbocycles. The molecular formula is C11H23NO. The Kier molecular flexibility index (Phi) is 4.20. The van der Waals surface area contributed by atoms with E-state index in [1.165, 1.54) is 12.8 Å². The molecule has 1 unspecified atom stereocenters. The summed E-state index contributed by atoms with van der Waals surface area (Å²) in [7, 11) is 0. The standard InChI is InChI=1S/C11H23NO/c1-4-11(3,9-12-5-2)13-8-10-6-7-10/h10,12H,4-9H2,1-3H3. The lowest BCUT2D eigenvalue weighted by Crippen LogP contribution is -2.40. The number of rotatable bonds is 7. The summed E-state index contributed by atoms with van der Waals surface area (Å²) in [5.74, 6) is 0.868. The monoisotopic (exact) mass is 185 g/mol. The van der Waals surface area contributed by atoms with E-state index < -0.39 is 0 Å². The smallest absolute Gasteiger partial charge is 0.0775 e. The van der Waals surface area contributed by atoms with Gasteiger partial charge < -0.3 is 10.1 Å². The minimum absolute atomic E-state index is 0.0542. The average molecular weight is 185 g/mol. The molecule has 1 N–H and O–H groups in total. The molecule has 1 atom stereocenters. The van der Waals surface area contributed by atoms with Crippen LogP contribution in [-0.4, -0.2) is 25.3 Å². The Hall–Kier alpha value is -0.0800. The molecule has 0 aliphatic heterocycles. The van der Waals surface area contributed by atoms with Crippen molar-refractivity contribution in [3.8, 4) is 0 Å². The summed E-state index contributed by atoms with van der Waals surface area (Å²) >= 11 is 0. The van der Waals surface area contributed by atoms with Gasteiger partial charge in [-0.15, -0.1) is 0 Å². The molecule has 78 valence electrons. The number of hydrogen-bond donors (Lipinski definition) is 1. The first-order valence-corrected chi connectivity index (χ1v) is 5.55. The Labute approximate surface area is 82.0 Å². The number of hydrogen-bond acceptors (Lipinski definition) is 2. The van der Waals surface area contributed by atoms with E-state index in [9.17, 15) is 0 Å². The third kappa shape index (κ3) is 4.10. The predicted octanol–water partition coefficient (Wildman–Crippen LogP) is 2.19. The van der Waals surface area contributed by atoms with Crippen LogP contribution in [0.2, 0.25) is 0 Å². The van der Waals surface area contributed by atoms with Gasteiger partial charge in [0.25, 0.3) is 0 Å². The summed E-state index contributed by atoms with van der Waals surface area (Å²) in [5.41, 5.74) is 0.0542. The molecule has 0 bridgehead atoms. The fourth-order valence-electron chi connectivity index (χ4n) is 1.27. The number of likely N-dealkylation sites (N-methyl/N-ethyl adjacent to an activating group) is 1. The van der Waals surface area contributed by atoms with Gasteiger partial charge in [-0.3, -0.25) is 0 Å². The fraction of sp³-hybridized carbons (Fsp3) is 1.00. The van der Waals surface area contributed by atoms with Gasteiger partial charge in [0.15, 0.2) is 0 Å². The summed E-state index contributed by atoms with van der Waals surface area (Å²) in [4.78, 5) is 0. The van der Waals surface area contributed by atoms with Crippen LogP contribution in [0.4, 0.5) is 0 Å². The SMILES string of the molecule is CCNCC(C)(CC)OCC1CC1. The highest BCUT2D eigenvalue weighted by Gasteiger charge is 2.27. The minimum Gasteiger partial charge on any atom is -0.374 e. The van der Waals surface area contributed by atoms with Crippen LogP contribution in [0.25, 0.3) is 0 Å². The lowest BCUT2D eigenvalue weighted by Gasteiger charge is -2.29. The highest BCUT2D eigenvalue weighted by Crippen LogP contribution is 2.30. The maximum atomic E-state index is 5.94. The summed E-state index contributed by atoms with van der Waals surface area (Å²) in [6, 6.07) is 0. The molecular weight excluding hydrogens is 162 g/mol. The van der Waals surface area contributed by atoms with E-state index in [0.717, 1.165) is 32.0 Å². The summed E-state index contributed by atoms with van der Waals surface area (Å²) < 4.78 is 5.94. The van der Waals surface area contributed by atoms with Crippen molar-refractivity contribution in [1.29, 1.82) is 0 Å². The van der Waals surface area contributed by atoms with Crippen LogP contribution >= 0.6 is 0 Å². The lowest BCUT2D eigenvalue weighted by molar-refractivity contribution is -0.0380. The average Bonchev–Trinajstić information content (AvgIpc) is 2.95. The second-order valence-electron chi connectivity index (χ2n) is 4.34. The first-order valence-electron chi connectivity index (χ1n) is 5.55. The van der Waals surface area contributed by atoms with Crippen LogP contribution in [0.5, 0.6) is 0 Å². The van der Waals surface area contributed by atoms with Gasteiger partial charge in [0.05, 0.1) is 12.2 Å². The van der Waals surface area contributed by atoms with Crippen molar-refractivity contribution in [2.24, 2.45) is 5.92 Å². The van der Waals surface area contributed by atoms with E-state index in [-0.39, 0.29) is 5.60 Å². The van der Waals surface area contributed by atoms with Gasteiger partial charge in [0.2, 0.25) is 0 Å². The first kappa shape index (κ1) is 11.0. The first-order chi connectivity index (χ1) is 6.20. The lowest BCUT2D eigenvalue weighted by atomic mass is 10.0. The second-order valence-corrected chi connectivity index (χ2v) is 4.34. The Morgan fingerprint density at radius 3 is 2.54 bits per heavy atom. The molecule has 0 amide bonds. The Bertz CT molecular complexity index is 145. The van der Waals surface area contributed by atoms with Crippen LogP contribution in [0.1, 0.15) is 40.0 Å². The quantitative estimate of drug-likeness (QED) is 0.656. The molecule has 0 heterocycles. The largest absolute Gasteiger partial charge is 0.374 e. The third-order valence-electron chi connectivity index (χ3n) is 2.86. The summed E-state index contributed by atoms with van der Waals surface area (Å²) in [5, 5.41) is 3.36. The van der Waals surface area contributed by atoms with E-state index >= 15 is 0 Å². The van der Waals surface area contributed by atoms with Gasteiger partial charge in [-0.1, -0.05) is 13.8 Å². The van der Waals surface area contributed by atoms with Crippen LogP contribution in [0.15, 0.2) is 0 Å². The molecule has 0 aromatic rings. The molecule has 1 rings (SSSR count). The highest BCUT2D eigenvalue weighted by molar-refractivity contribution is 4.79. The normalized spacial score (nSPS) is 21.5. The van der Waals surface area contributed by atoms with E-state index in [4.69, 9.17) is 4.74 Å². The van der Waals surface area contributed by atoms with Crippen molar-refractivity contribution in [3.63, 3.8) is 0 Å². The third-order valence-corrected chi connectivity index (χ3v) is 2.86. The van der Waals surface area contributed by atoms with E-state index in [1.807, 2.05) is 0 Å². The topological polar surface area (TPSA) is 21.3 Å². The van der Waals surface area contributed by atoms with Crippen LogP contribution < -0.4 is 5.32 Å². The molecule has 0 spiro atoms. The molecule has 1 fully saturated rings. The number of ether oxygens (including phenoxy) is 1. The van der Waals surface area contributed by atoms with Crippen molar-refractivity contribution in [2.45, 2.75) is 45.6 Å². The van der Waals surface area contributed by atoms with Gasteiger partial charge in [0, 0.05) is 6.54 Å². The maximum Gasteiger partial charge on any atom is 0.0775 e. The Balaban J connectivity index is 2.19. The van der Waals surface area contributed by atoms with Crippen molar-refractivity contribution in [1.82, 2.24) is 5.32 Å². The molecule has 0 aromatic carbocycles. The van der Waals surface area contributed by atoms with Gasteiger partial charge in [-0.2, -0.15) is 0 Å². The Morgan fingerprint density at radius 1 is 1.38 bits per heavy atom. The molecule has 1 aliphatic rings. The molecule has 2 nitrogen and oxygen atoms in total. The van der Waals surface area contributed by atoms with Crippen LogP contribution in [0, 0.1) is 5.92 Å². The maximum absolute atomic E-state index is 5.94. The summed E-state index contributed by atoms with van der Waals surface area (Å²) in [6.07, 6.45) is 3.84. The zero-order valence-electron chi connectivity index (χ0n) is 9.23. The molecule has 0 saturated heterocycles. The van der Waals surface area contributed by atoms with Gasteiger partial charge in [-0.25, -0.2) is 0 Å². The van der Waals surface area contributed by atoms with E-state index in [0.29, 0.717) is 0 Å². The second kappa shape index (κ2) is 4.97. The minimum atomic E-state index is 0.0542. The van der Waals surface area contributed by atoms with Gasteiger partial charge in [0.1, 0.15) is 0 Å². The molecule has 0 radical (unpaired) electrons. The Morgan fingerprint density at radius 2 is 2.08 bits per heavy atom. The van der Waals surface area contributed by atoms with E-state index in [2.05, 4.69) is 26.1 Å². The summed E-state index contributed by atoms with van der Waals surface area (Å²) in [6.45, 7) is 9.52. The molecule has 1 aliphatic carbocycles. The molecule has 0 aromatic heterocycles. The molecule has 2 heteroatoms. The van der Waals surface area contributed by atoms with Crippen LogP contribution in [-0.2, 0) is 4.74 Å². The number of nitrogens with one attached hydrogen (secondary N) is 1.